The average molecular weight is 879 g/mol. The number of aromatic nitrogens is 1. The quantitative estimate of drug-likeness (QED) is 0.0691. The number of hydrogen-bond donors (Lipinski definition) is 2. The maximum atomic E-state index is 14.5. The molecular weight excluding hydrogens is 792 g/mol. The van der Waals surface area contributed by atoms with Crippen LogP contribution in [0.4, 0.5) is 4.39 Å². The topological polar surface area (TPSA) is 41.8 Å². The van der Waals surface area contributed by atoms with Gasteiger partial charge in [-0.3, -0.25) is 0 Å². The zero-order chi connectivity index (χ0) is 49.9. The minimum atomic E-state index is -0.171. The molecule has 0 aliphatic rings. The second kappa shape index (κ2) is 36.5. The Labute approximate surface area is 398 Å². The van der Waals surface area contributed by atoms with E-state index in [2.05, 4.69) is 174 Å². The van der Waals surface area contributed by atoms with Gasteiger partial charge < -0.3 is 10.7 Å². The van der Waals surface area contributed by atoms with Crippen molar-refractivity contribution in [3.63, 3.8) is 0 Å². The van der Waals surface area contributed by atoms with Crippen molar-refractivity contribution in [1.82, 2.24) is 4.98 Å². The summed E-state index contributed by atoms with van der Waals surface area (Å²) in [5.74, 6) is 2.08. The molecule has 0 unspecified atom stereocenters. The molecule has 65 heavy (non-hydrogen) atoms. The Bertz CT molecular complexity index is 2260. The molecule has 0 aliphatic heterocycles. The SMILES string of the molecule is C#CC.C=C.C=C/C(Cc1ccccc1F)=C(/c1cc(CC)ccc1C)c1ccc(C)cc1CC.C=CCC.CC.CCC.CCC/C(=C\C=C(\C)N)c1c(C)[nH]c2ccc(CC)cc12. The van der Waals surface area contributed by atoms with Crippen LogP contribution in [0.1, 0.15) is 158 Å². The third kappa shape index (κ3) is 21.1. The summed E-state index contributed by atoms with van der Waals surface area (Å²) in [6.07, 6.45) is 20.6. The van der Waals surface area contributed by atoms with Crippen molar-refractivity contribution in [1.29, 1.82) is 0 Å². The van der Waals surface area contributed by atoms with Crippen LogP contribution in [-0.2, 0) is 25.7 Å². The third-order valence-corrected chi connectivity index (χ3v) is 9.93. The lowest BCUT2D eigenvalue weighted by molar-refractivity contribution is 0.614. The van der Waals surface area contributed by atoms with Crippen LogP contribution in [-0.4, -0.2) is 4.98 Å². The number of benzene rings is 4. The molecule has 1 aromatic heterocycles. The van der Waals surface area contributed by atoms with Crippen molar-refractivity contribution in [3.8, 4) is 12.3 Å². The number of allylic oxidation sites excluding steroid dienone is 7. The maximum Gasteiger partial charge on any atom is 0.126 e. The zero-order valence-electron chi connectivity index (χ0n) is 43.3. The minimum absolute atomic E-state index is 0.171. The number of fused-ring (bicyclic) bond motifs is 1. The second-order valence-electron chi connectivity index (χ2n) is 15.3. The lowest BCUT2D eigenvalue weighted by atomic mass is 9.84. The number of nitrogens with one attached hydrogen (secondary N) is 1. The van der Waals surface area contributed by atoms with E-state index in [0.29, 0.717) is 12.0 Å². The van der Waals surface area contributed by atoms with Gasteiger partial charge in [0, 0.05) is 34.3 Å². The molecule has 0 fully saturated rings. The standard InChI is InChI=1S/C29H31F.C19H26N2.C4H8.C3H8.C3H4.C2H6.C2H4/c1-6-22-15-14-21(5)27(18-22)29(26-16-13-20(4)17-23(26)7-2)24(8-3)19-25-11-9-10-12-28(25)30;1-5-7-16(10-8-13(3)20)19-14(4)21-18-11-9-15(6-2)12-17(18)19;1-3-4-2;2*1-3-2;2*1-2/h8-18H,3,6-7,19H2,1-2,4-5H3;8-12,21H,5-7,20H2,1-4H3;3H,1,4H2,2H3;3H2,1-2H3;1H,2H3;1-2H3;1-2H2/b29-24-;13-8-,16-10+;;;;;. The highest BCUT2D eigenvalue weighted by molar-refractivity contribution is 5.95. The molecule has 0 spiro atoms. The van der Waals surface area contributed by atoms with Crippen LogP contribution >= 0.6 is 0 Å². The van der Waals surface area contributed by atoms with E-state index < -0.39 is 0 Å². The van der Waals surface area contributed by atoms with E-state index in [4.69, 9.17) is 5.73 Å². The molecule has 0 atom stereocenters. The van der Waals surface area contributed by atoms with Gasteiger partial charge in [-0.2, -0.15) is 0 Å². The Balaban J connectivity index is 0. The first-order valence-corrected chi connectivity index (χ1v) is 23.8. The molecule has 2 nitrogen and oxygen atoms in total. The molecule has 0 amide bonds. The van der Waals surface area contributed by atoms with E-state index in [1.165, 1.54) is 79.2 Å². The minimum Gasteiger partial charge on any atom is -0.402 e. The van der Waals surface area contributed by atoms with Crippen molar-refractivity contribution >= 4 is 22.0 Å². The molecule has 0 saturated heterocycles. The smallest absolute Gasteiger partial charge is 0.126 e. The number of H-pyrrole nitrogens is 1. The number of aromatic amines is 1. The molecule has 352 valence electrons. The predicted molar refractivity (Wildman–Crippen MR) is 294 cm³/mol. The molecule has 3 heteroatoms. The summed E-state index contributed by atoms with van der Waals surface area (Å²) in [5, 5.41) is 1.33. The molecular formula is C62H87FN2. The fourth-order valence-electron chi connectivity index (χ4n) is 6.82. The van der Waals surface area contributed by atoms with Crippen molar-refractivity contribution in [2.45, 2.75) is 148 Å². The van der Waals surface area contributed by atoms with Crippen molar-refractivity contribution in [2.24, 2.45) is 5.73 Å². The lowest BCUT2D eigenvalue weighted by Crippen LogP contribution is -2.03. The van der Waals surface area contributed by atoms with Crippen LogP contribution in [0.15, 0.2) is 141 Å². The van der Waals surface area contributed by atoms with Gasteiger partial charge >= 0.3 is 0 Å². The number of terminal acetylenes is 1. The normalized spacial score (nSPS) is 10.7. The first-order valence-electron chi connectivity index (χ1n) is 23.8. The van der Waals surface area contributed by atoms with Gasteiger partial charge in [0.25, 0.3) is 0 Å². The Hall–Kier alpha value is -5.85. The highest BCUT2D eigenvalue weighted by atomic mass is 19.1. The van der Waals surface area contributed by atoms with E-state index in [1.54, 1.807) is 13.0 Å². The third-order valence-electron chi connectivity index (χ3n) is 9.93. The first-order chi connectivity index (χ1) is 31.3. The number of aryl methyl sites for hydroxylation is 6. The van der Waals surface area contributed by atoms with Gasteiger partial charge in [-0.1, -0.05) is 166 Å². The summed E-state index contributed by atoms with van der Waals surface area (Å²) in [7, 11) is 0. The molecule has 4 aromatic carbocycles. The lowest BCUT2D eigenvalue weighted by Gasteiger charge is -2.20. The van der Waals surface area contributed by atoms with Crippen molar-refractivity contribution in [3.05, 3.63) is 202 Å². The monoisotopic (exact) mass is 879 g/mol. The maximum absolute atomic E-state index is 14.5. The van der Waals surface area contributed by atoms with Crippen LogP contribution < -0.4 is 5.73 Å². The largest absolute Gasteiger partial charge is 0.402 e. The summed E-state index contributed by atoms with van der Waals surface area (Å²) in [4.78, 5) is 3.51. The van der Waals surface area contributed by atoms with Gasteiger partial charge in [0.1, 0.15) is 5.82 Å². The summed E-state index contributed by atoms with van der Waals surface area (Å²) < 4.78 is 14.5. The second-order valence-corrected chi connectivity index (χ2v) is 15.3. The van der Waals surface area contributed by atoms with Crippen LogP contribution in [0.3, 0.4) is 0 Å². The Kier molecular flexibility index (Phi) is 34.4. The molecule has 0 radical (unpaired) electrons. The zero-order valence-corrected chi connectivity index (χ0v) is 43.3. The van der Waals surface area contributed by atoms with Crippen molar-refractivity contribution < 1.29 is 4.39 Å². The predicted octanol–water partition coefficient (Wildman–Crippen LogP) is 18.3. The number of halogens is 1. The van der Waals surface area contributed by atoms with Gasteiger partial charge in [-0.05, 0) is 147 Å². The van der Waals surface area contributed by atoms with E-state index in [1.807, 2.05) is 51.1 Å². The number of hydrogen-bond acceptors (Lipinski definition) is 1. The fourth-order valence-corrected chi connectivity index (χ4v) is 6.82. The van der Waals surface area contributed by atoms with Gasteiger partial charge in [0.15, 0.2) is 0 Å². The van der Waals surface area contributed by atoms with Gasteiger partial charge in [0.05, 0.1) is 0 Å². The van der Waals surface area contributed by atoms with Gasteiger partial charge in [-0.15, -0.1) is 32.1 Å². The van der Waals surface area contributed by atoms with E-state index in [9.17, 15) is 4.39 Å². The highest BCUT2D eigenvalue weighted by Gasteiger charge is 2.18. The molecule has 5 aromatic rings. The summed E-state index contributed by atoms with van der Waals surface area (Å²) in [5.41, 5.74) is 23.6. The first kappa shape index (κ1) is 61.2. The van der Waals surface area contributed by atoms with Gasteiger partial charge in [-0.25, -0.2) is 4.39 Å². The highest BCUT2D eigenvalue weighted by Crippen LogP contribution is 2.36. The molecule has 0 saturated carbocycles. The van der Waals surface area contributed by atoms with Crippen LogP contribution in [0.25, 0.3) is 22.0 Å². The van der Waals surface area contributed by atoms with Gasteiger partial charge in [0.2, 0.25) is 0 Å². The van der Waals surface area contributed by atoms with E-state index in [-0.39, 0.29) is 5.82 Å². The Morgan fingerprint density at radius 1 is 0.769 bits per heavy atom. The molecule has 3 N–H and O–H groups in total. The molecule has 1 heterocycles. The van der Waals surface area contributed by atoms with Crippen LogP contribution in [0, 0.1) is 38.9 Å². The summed E-state index contributed by atoms with van der Waals surface area (Å²) in [6.45, 7) is 42.7. The van der Waals surface area contributed by atoms with Crippen LogP contribution in [0.5, 0.6) is 0 Å². The Morgan fingerprint density at radius 2 is 1.34 bits per heavy atom. The number of rotatable bonds is 13. The fraction of sp³-hybridized carbons (Fsp3) is 0.355. The molecule has 0 aliphatic carbocycles. The summed E-state index contributed by atoms with van der Waals surface area (Å²) >= 11 is 0. The number of nitrogens with two attached hydrogens (primary N) is 1. The molecule has 0 bridgehead atoms. The summed E-state index contributed by atoms with van der Waals surface area (Å²) in [6, 6.07) is 27.0. The van der Waals surface area contributed by atoms with Crippen molar-refractivity contribution in [2.75, 3.05) is 0 Å². The molecule has 5 rings (SSSR count). The Morgan fingerprint density at radius 3 is 1.85 bits per heavy atom. The van der Waals surface area contributed by atoms with Crippen LogP contribution in [0.2, 0.25) is 0 Å². The average Bonchev–Trinajstić information content (AvgIpc) is 3.65. The van der Waals surface area contributed by atoms with E-state index >= 15 is 0 Å². The van der Waals surface area contributed by atoms with E-state index in [0.717, 1.165) is 55.4 Å².